The number of nitrogens with one attached hydrogen (secondary N) is 2. The van der Waals surface area contributed by atoms with Crippen LogP contribution in [0.4, 0.5) is 11.6 Å². The standard InChI is InChI=1S/C25H20N6O2.C17H12BrN5O.C8H10BNO3.2CH4/c1-27-24(32)18-5-3-17(4-6-18)21-15-29-30-11-10-19(12-22(21)30)25(33)31(20-7-8-20)23-9-2-16(13-26)14-28-23;18-14-10-21-22-6-5-12(7-15(14)22)17(24)23(13-2-3-13)16-4-1-11(8-19)9-20-16;1-10-8(11)6-2-4-7(5-3-6)9(12)13;;/h2-6,9-12,14-15,20H,7-8H2,1H3,(H,27,32);1,4-7,9-10,13H,2-3H2;2-5,12-13H,1H3,(H,10,11);2*1H4. The molecule has 0 spiro atoms. The predicted octanol–water partition coefficient (Wildman–Crippen LogP) is 6.61. The Morgan fingerprint density at radius 2 is 1.07 bits per heavy atom. The van der Waals surface area contributed by atoms with Gasteiger partial charge in [0.25, 0.3) is 23.6 Å². The average molecular weight is 1030 g/mol. The van der Waals surface area contributed by atoms with Gasteiger partial charge in [-0.3, -0.25) is 29.0 Å². The van der Waals surface area contributed by atoms with Crippen molar-refractivity contribution in [3.8, 4) is 23.3 Å². The fourth-order valence-electron chi connectivity index (χ4n) is 7.36. The van der Waals surface area contributed by atoms with Gasteiger partial charge in [0.2, 0.25) is 0 Å². The van der Waals surface area contributed by atoms with Crippen LogP contribution in [0.2, 0.25) is 0 Å². The number of aromatic nitrogens is 6. The molecule has 2 saturated carbocycles. The molecule has 6 heterocycles. The van der Waals surface area contributed by atoms with Crippen LogP contribution in [0, 0.1) is 22.7 Å². The highest BCUT2D eigenvalue weighted by Crippen LogP contribution is 2.34. The second-order valence-corrected chi connectivity index (χ2v) is 17.0. The maximum atomic E-state index is 13.5. The quantitative estimate of drug-likeness (QED) is 0.106. The molecule has 0 aliphatic heterocycles. The summed E-state index contributed by atoms with van der Waals surface area (Å²) in [5, 5.41) is 49.1. The Bertz CT molecular complexity index is 3310. The van der Waals surface area contributed by atoms with E-state index < -0.39 is 7.12 Å². The van der Waals surface area contributed by atoms with Gasteiger partial charge in [-0.05, 0) is 125 Å². The number of hydrogen-bond acceptors (Lipinski definition) is 12. The van der Waals surface area contributed by atoms with Crippen LogP contribution in [0.3, 0.4) is 0 Å². The largest absolute Gasteiger partial charge is 0.488 e. The molecule has 4 N–H and O–H groups in total. The number of pyridine rings is 4. The van der Waals surface area contributed by atoms with E-state index in [1.54, 1.807) is 99.2 Å². The minimum atomic E-state index is -1.49. The smallest absolute Gasteiger partial charge is 0.423 e. The van der Waals surface area contributed by atoms with E-state index in [1.807, 2.05) is 30.3 Å². The van der Waals surface area contributed by atoms with Crippen molar-refractivity contribution >= 4 is 74.8 Å². The van der Waals surface area contributed by atoms with Gasteiger partial charge in [0, 0.05) is 78.8 Å². The zero-order valence-corrected chi connectivity index (χ0v) is 39.2. The van der Waals surface area contributed by atoms with E-state index in [-0.39, 0.29) is 50.6 Å². The van der Waals surface area contributed by atoms with Gasteiger partial charge in [-0.1, -0.05) is 39.1 Å². The lowest BCUT2D eigenvalue weighted by Gasteiger charge is -2.21. The zero-order chi connectivity index (χ0) is 49.5. The molecule has 0 unspecified atom stereocenters. The van der Waals surface area contributed by atoms with Crippen LogP contribution in [-0.2, 0) is 0 Å². The first-order valence-electron chi connectivity index (χ1n) is 21.9. The Kier molecular flexibility index (Phi) is 17.1. The van der Waals surface area contributed by atoms with Gasteiger partial charge in [0.1, 0.15) is 23.8 Å². The van der Waals surface area contributed by atoms with Crippen LogP contribution < -0.4 is 25.9 Å². The molecule has 0 radical (unpaired) electrons. The first-order valence-corrected chi connectivity index (χ1v) is 22.7. The number of rotatable bonds is 10. The average Bonchev–Trinajstić information content (AvgIpc) is 4.35. The monoisotopic (exact) mass is 1030 g/mol. The Labute approximate surface area is 424 Å². The summed E-state index contributed by atoms with van der Waals surface area (Å²) < 4.78 is 4.27. The lowest BCUT2D eigenvalue weighted by molar-refractivity contribution is 0.0955. The summed E-state index contributed by atoms with van der Waals surface area (Å²) in [4.78, 5) is 61.5. The lowest BCUT2D eigenvalue weighted by Crippen LogP contribution is -2.33. The number of hydrogen-bond donors (Lipinski definition) is 4. The van der Waals surface area contributed by atoms with E-state index in [1.165, 1.54) is 43.7 Å². The third-order valence-electron chi connectivity index (χ3n) is 11.4. The van der Waals surface area contributed by atoms with E-state index in [2.05, 4.69) is 52.8 Å². The molecule has 20 heteroatoms. The molecule has 18 nitrogen and oxygen atoms in total. The molecule has 2 aliphatic carbocycles. The highest BCUT2D eigenvalue weighted by atomic mass is 79.9. The summed E-state index contributed by atoms with van der Waals surface area (Å²) >= 11 is 3.44. The first kappa shape index (κ1) is 52.8. The second-order valence-electron chi connectivity index (χ2n) is 16.1. The fraction of sp³-hybridized carbons (Fsp3) is 0.192. The molecule has 0 atom stereocenters. The minimum Gasteiger partial charge on any atom is -0.423 e. The molecular formula is C52H50BBrN12O6. The normalized spacial score (nSPS) is 12.2. The molecule has 72 heavy (non-hydrogen) atoms. The molecule has 2 aliphatic rings. The predicted molar refractivity (Wildman–Crippen MR) is 278 cm³/mol. The summed E-state index contributed by atoms with van der Waals surface area (Å²) in [7, 11) is 1.65. The molecule has 2 aromatic carbocycles. The molecule has 2 fully saturated rings. The number of anilines is 2. The Hall–Kier alpha value is -8.56. The number of carbonyl (C=O) groups excluding carboxylic acids is 4. The molecule has 10 rings (SSSR count). The summed E-state index contributed by atoms with van der Waals surface area (Å²) in [6, 6.07) is 31.6. The molecule has 364 valence electrons. The number of fused-ring (bicyclic) bond motifs is 2. The van der Waals surface area contributed by atoms with Crippen LogP contribution in [0.15, 0.2) is 139 Å². The van der Waals surface area contributed by atoms with E-state index in [4.69, 9.17) is 20.6 Å². The number of carbonyl (C=O) groups is 4. The van der Waals surface area contributed by atoms with Gasteiger partial charge in [0.05, 0.1) is 39.0 Å². The molecule has 8 aromatic rings. The summed E-state index contributed by atoms with van der Waals surface area (Å²) in [5.74, 6) is 0.545. The molecule has 4 amide bonds. The number of benzene rings is 2. The van der Waals surface area contributed by atoms with Crippen LogP contribution in [0.5, 0.6) is 0 Å². The lowest BCUT2D eigenvalue weighted by atomic mass is 9.80. The highest BCUT2D eigenvalue weighted by Gasteiger charge is 2.36. The van der Waals surface area contributed by atoms with Crippen molar-refractivity contribution in [3.63, 3.8) is 0 Å². The Morgan fingerprint density at radius 1 is 0.625 bits per heavy atom. The summed E-state index contributed by atoms with van der Waals surface area (Å²) in [6.07, 6.45) is 13.7. The summed E-state index contributed by atoms with van der Waals surface area (Å²) in [6.45, 7) is 0. The SMILES string of the molecule is C.C.CNC(=O)c1ccc(-c2cnn3ccc(C(=O)N(c4ccc(C#N)cn4)C4CC4)cc23)cc1.CNC(=O)c1ccc(B(O)O)cc1.N#Cc1ccc(N(C(=O)c2ccn3ncc(Br)c3c2)C2CC2)nc1. The number of nitriles is 2. The van der Waals surface area contributed by atoms with Crippen LogP contribution in [-0.4, -0.2) is 96.2 Å². The molecule has 0 saturated heterocycles. The van der Waals surface area contributed by atoms with Gasteiger partial charge in [-0.25, -0.2) is 19.0 Å². The van der Waals surface area contributed by atoms with Gasteiger partial charge in [-0.2, -0.15) is 20.7 Å². The van der Waals surface area contributed by atoms with Crippen molar-refractivity contribution in [2.45, 2.75) is 52.6 Å². The summed E-state index contributed by atoms with van der Waals surface area (Å²) in [5.41, 5.74) is 6.87. The maximum absolute atomic E-state index is 13.5. The van der Waals surface area contributed by atoms with Gasteiger partial charge >= 0.3 is 7.12 Å². The number of amides is 4. The van der Waals surface area contributed by atoms with Crippen molar-refractivity contribution in [1.29, 1.82) is 10.5 Å². The third kappa shape index (κ3) is 11.9. The van der Waals surface area contributed by atoms with Gasteiger partial charge in [0.15, 0.2) is 0 Å². The van der Waals surface area contributed by atoms with Crippen molar-refractivity contribution in [1.82, 2.24) is 39.8 Å². The van der Waals surface area contributed by atoms with Crippen molar-refractivity contribution in [3.05, 3.63) is 172 Å². The van der Waals surface area contributed by atoms with E-state index in [9.17, 15) is 19.2 Å². The number of halogens is 1. The first-order chi connectivity index (χ1) is 33.9. The van der Waals surface area contributed by atoms with E-state index in [0.717, 1.165) is 52.3 Å². The van der Waals surface area contributed by atoms with Crippen LogP contribution in [0.25, 0.3) is 22.2 Å². The number of nitrogens with zero attached hydrogens (tertiary/aromatic N) is 10. The zero-order valence-electron chi connectivity index (χ0n) is 37.6. The molecule has 6 aromatic heterocycles. The topological polar surface area (TPSA) is 247 Å². The Balaban J connectivity index is 0.000000190. The second kappa shape index (κ2) is 23.4. The highest BCUT2D eigenvalue weighted by molar-refractivity contribution is 9.10. The van der Waals surface area contributed by atoms with Crippen molar-refractivity contribution < 1.29 is 29.2 Å². The van der Waals surface area contributed by atoms with Crippen LogP contribution >= 0.6 is 15.9 Å². The molecule has 0 bridgehead atoms. The Morgan fingerprint density at radius 3 is 1.49 bits per heavy atom. The van der Waals surface area contributed by atoms with Gasteiger partial charge < -0.3 is 20.7 Å². The van der Waals surface area contributed by atoms with E-state index >= 15 is 0 Å². The van der Waals surface area contributed by atoms with Crippen molar-refractivity contribution in [2.24, 2.45) is 0 Å². The van der Waals surface area contributed by atoms with Crippen LogP contribution in [0.1, 0.15) is 93.1 Å². The minimum absolute atomic E-state index is 0. The van der Waals surface area contributed by atoms with Gasteiger partial charge in [-0.15, -0.1) is 0 Å². The van der Waals surface area contributed by atoms with E-state index in [0.29, 0.717) is 50.5 Å². The third-order valence-corrected chi connectivity index (χ3v) is 12.0. The fourth-order valence-corrected chi connectivity index (χ4v) is 7.75. The van der Waals surface area contributed by atoms with Crippen molar-refractivity contribution in [2.75, 3.05) is 23.9 Å². The maximum Gasteiger partial charge on any atom is 0.488 e. The molecular weight excluding hydrogens is 979 g/mol.